The number of piperidine rings is 1. The maximum Gasteiger partial charge on any atom is 0.225 e. The first kappa shape index (κ1) is 26.5. The maximum absolute atomic E-state index is 6.72. The van der Waals surface area contributed by atoms with Gasteiger partial charge in [0.15, 0.2) is 5.65 Å². The molecule has 1 aliphatic heterocycles. The Kier molecular flexibility index (Phi) is 7.88. The summed E-state index contributed by atoms with van der Waals surface area (Å²) in [7, 11) is 1.59. The fourth-order valence-corrected chi connectivity index (χ4v) is 5.85. The molecule has 11 heteroatoms. The van der Waals surface area contributed by atoms with Crippen LogP contribution in [0.15, 0.2) is 36.7 Å². The highest BCUT2D eigenvalue weighted by Crippen LogP contribution is 2.42. The quantitative estimate of drug-likeness (QED) is 0.331. The largest absolute Gasteiger partial charge is 0.497 e. The topological polar surface area (TPSA) is 97.7 Å². The fraction of sp³-hybridized carbons (Fsp3) is 0.407. The van der Waals surface area contributed by atoms with Crippen molar-refractivity contribution in [3.63, 3.8) is 0 Å². The van der Waals surface area contributed by atoms with Crippen molar-refractivity contribution in [2.45, 2.75) is 39.2 Å². The number of hydrogen-bond donors (Lipinski definition) is 1. The highest BCUT2D eigenvalue weighted by atomic mass is 35.5. The van der Waals surface area contributed by atoms with Crippen molar-refractivity contribution >= 4 is 40.6 Å². The molecule has 1 aromatic carbocycles. The minimum atomic E-state index is 0.287. The number of hydrogen-bond acceptors (Lipinski definition) is 8. The molecule has 1 saturated heterocycles. The first-order valence-electron chi connectivity index (χ1n) is 12.9. The summed E-state index contributed by atoms with van der Waals surface area (Å²) >= 11 is 13.4. The van der Waals surface area contributed by atoms with E-state index in [0.29, 0.717) is 34.4 Å². The fourth-order valence-electron chi connectivity index (χ4n) is 5.20. The van der Waals surface area contributed by atoms with E-state index in [-0.39, 0.29) is 6.04 Å². The molecule has 9 nitrogen and oxygen atoms in total. The Hall–Kier alpha value is -3.14. The minimum Gasteiger partial charge on any atom is -0.497 e. The number of halogens is 2. The molecule has 0 saturated carbocycles. The Morgan fingerprint density at radius 2 is 1.76 bits per heavy atom. The lowest BCUT2D eigenvalue weighted by molar-refractivity contribution is 0.415. The number of aryl methyl sites for hydroxylation is 2. The normalized spacial score (nSPS) is 14.3. The van der Waals surface area contributed by atoms with Gasteiger partial charge in [0.05, 0.1) is 28.4 Å². The molecule has 1 fully saturated rings. The number of methoxy groups -OCH3 is 1. The second-order valence-electron chi connectivity index (χ2n) is 9.37. The first-order chi connectivity index (χ1) is 18.4. The summed E-state index contributed by atoms with van der Waals surface area (Å²) < 4.78 is 7.27. The summed E-state index contributed by atoms with van der Waals surface area (Å²) in [6.45, 7) is 7.02. The van der Waals surface area contributed by atoms with Gasteiger partial charge in [0, 0.05) is 61.9 Å². The first-order valence-corrected chi connectivity index (χ1v) is 13.6. The van der Waals surface area contributed by atoms with Crippen molar-refractivity contribution in [3.05, 3.63) is 58.1 Å². The SMILES string of the molecule is CCc1cc(N(CCN)C2CCN(c3ncccn3)CC2)n2nc(C)c(-c3c(Cl)cc(OC)cc3Cl)c2n1. The molecule has 0 bridgehead atoms. The average Bonchev–Trinajstić information content (AvgIpc) is 3.26. The zero-order chi connectivity index (χ0) is 26.8. The molecular weight excluding hydrogens is 523 g/mol. The van der Waals surface area contributed by atoms with Crippen LogP contribution in [0.2, 0.25) is 10.0 Å². The van der Waals surface area contributed by atoms with Gasteiger partial charge in [-0.25, -0.2) is 15.0 Å². The molecule has 0 atom stereocenters. The highest BCUT2D eigenvalue weighted by molar-refractivity contribution is 6.39. The summed E-state index contributed by atoms with van der Waals surface area (Å²) in [6, 6.07) is 7.78. The summed E-state index contributed by atoms with van der Waals surface area (Å²) in [6.07, 6.45) is 6.25. The lowest BCUT2D eigenvalue weighted by Crippen LogP contribution is -2.47. The van der Waals surface area contributed by atoms with Crippen LogP contribution in [0.25, 0.3) is 16.8 Å². The Morgan fingerprint density at radius 1 is 1.08 bits per heavy atom. The molecular formula is C27H32Cl2N8O. The average molecular weight is 556 g/mol. The molecule has 0 radical (unpaired) electrons. The second kappa shape index (κ2) is 11.3. The van der Waals surface area contributed by atoms with Gasteiger partial charge in [-0.2, -0.15) is 9.61 Å². The van der Waals surface area contributed by atoms with E-state index in [2.05, 4.69) is 32.8 Å². The molecule has 0 aliphatic carbocycles. The van der Waals surface area contributed by atoms with Gasteiger partial charge in [-0.15, -0.1) is 0 Å². The molecule has 0 spiro atoms. The molecule has 1 aliphatic rings. The van der Waals surface area contributed by atoms with Crippen LogP contribution in [0.3, 0.4) is 0 Å². The standard InChI is InChI=1S/C27H32Cl2N8O/c1-4-18-14-23(36(13-8-30)19-6-11-35(12-7-19)27-31-9-5-10-32-27)37-26(33-18)24(17(2)34-37)25-21(28)15-20(38-3)16-22(25)29/h5,9-10,14-16,19H,4,6-8,11-13,30H2,1-3H3. The molecule has 38 heavy (non-hydrogen) atoms. The van der Waals surface area contributed by atoms with Crippen molar-refractivity contribution in [1.82, 2.24) is 24.6 Å². The van der Waals surface area contributed by atoms with Crippen molar-refractivity contribution in [2.75, 3.05) is 43.1 Å². The predicted molar refractivity (Wildman–Crippen MR) is 153 cm³/mol. The van der Waals surface area contributed by atoms with E-state index in [9.17, 15) is 0 Å². The lowest BCUT2D eigenvalue weighted by Gasteiger charge is -2.39. The monoisotopic (exact) mass is 554 g/mol. The maximum atomic E-state index is 6.72. The van der Waals surface area contributed by atoms with Gasteiger partial charge in [-0.3, -0.25) is 0 Å². The number of aromatic nitrogens is 5. The Morgan fingerprint density at radius 3 is 2.37 bits per heavy atom. The zero-order valence-corrected chi connectivity index (χ0v) is 23.4. The van der Waals surface area contributed by atoms with E-state index in [0.717, 1.165) is 66.7 Å². The van der Waals surface area contributed by atoms with Crippen LogP contribution in [0, 0.1) is 6.92 Å². The summed E-state index contributed by atoms with van der Waals surface area (Å²) in [5.41, 5.74) is 10.1. The minimum absolute atomic E-state index is 0.287. The molecule has 4 heterocycles. The van der Waals surface area contributed by atoms with Gasteiger partial charge < -0.3 is 20.3 Å². The van der Waals surface area contributed by atoms with Crippen LogP contribution in [-0.4, -0.2) is 63.9 Å². The van der Waals surface area contributed by atoms with Crippen LogP contribution in [0.1, 0.15) is 31.2 Å². The highest BCUT2D eigenvalue weighted by Gasteiger charge is 2.29. The number of fused-ring (bicyclic) bond motifs is 1. The molecule has 3 aromatic heterocycles. The van der Waals surface area contributed by atoms with Gasteiger partial charge in [0.1, 0.15) is 11.6 Å². The number of nitrogens with two attached hydrogens (primary N) is 1. The number of ether oxygens (including phenoxy) is 1. The molecule has 2 N–H and O–H groups in total. The van der Waals surface area contributed by atoms with Gasteiger partial charge in [-0.05, 0) is 44.4 Å². The van der Waals surface area contributed by atoms with Gasteiger partial charge >= 0.3 is 0 Å². The number of rotatable bonds is 8. The third-order valence-electron chi connectivity index (χ3n) is 7.07. The molecule has 4 aromatic rings. The van der Waals surface area contributed by atoms with E-state index in [1.807, 2.05) is 17.5 Å². The lowest BCUT2D eigenvalue weighted by atomic mass is 10.0. The number of benzene rings is 1. The smallest absolute Gasteiger partial charge is 0.225 e. The molecule has 5 rings (SSSR count). The Balaban J connectivity index is 1.57. The number of nitrogens with zero attached hydrogens (tertiary/aromatic N) is 7. The van der Waals surface area contributed by atoms with E-state index in [1.54, 1.807) is 31.6 Å². The Bertz CT molecular complexity index is 1400. The van der Waals surface area contributed by atoms with Crippen LogP contribution in [0.5, 0.6) is 5.75 Å². The Labute approximate surface area is 232 Å². The van der Waals surface area contributed by atoms with E-state index in [1.165, 1.54) is 0 Å². The van der Waals surface area contributed by atoms with E-state index >= 15 is 0 Å². The van der Waals surface area contributed by atoms with Crippen molar-refractivity contribution in [1.29, 1.82) is 0 Å². The van der Waals surface area contributed by atoms with E-state index in [4.69, 9.17) is 43.8 Å². The molecule has 0 amide bonds. The third kappa shape index (κ3) is 4.98. The van der Waals surface area contributed by atoms with Crippen molar-refractivity contribution < 1.29 is 4.74 Å². The van der Waals surface area contributed by atoms with Crippen LogP contribution < -0.4 is 20.3 Å². The van der Waals surface area contributed by atoms with E-state index < -0.39 is 0 Å². The van der Waals surface area contributed by atoms with Crippen LogP contribution in [0.4, 0.5) is 11.8 Å². The predicted octanol–water partition coefficient (Wildman–Crippen LogP) is 4.81. The van der Waals surface area contributed by atoms with Crippen molar-refractivity contribution in [3.8, 4) is 16.9 Å². The summed E-state index contributed by atoms with van der Waals surface area (Å²) in [5, 5.41) is 5.93. The molecule has 0 unspecified atom stereocenters. The summed E-state index contributed by atoms with van der Waals surface area (Å²) in [4.78, 5) is 18.5. The van der Waals surface area contributed by atoms with Gasteiger partial charge in [0.25, 0.3) is 0 Å². The number of anilines is 2. The second-order valence-corrected chi connectivity index (χ2v) is 10.2. The van der Waals surface area contributed by atoms with Gasteiger partial charge in [0.2, 0.25) is 5.95 Å². The third-order valence-corrected chi connectivity index (χ3v) is 7.66. The molecule has 200 valence electrons. The zero-order valence-electron chi connectivity index (χ0n) is 21.9. The van der Waals surface area contributed by atoms with Crippen molar-refractivity contribution in [2.24, 2.45) is 5.73 Å². The summed E-state index contributed by atoms with van der Waals surface area (Å²) in [5.74, 6) is 2.35. The van der Waals surface area contributed by atoms with Crippen LogP contribution in [-0.2, 0) is 6.42 Å². The van der Waals surface area contributed by atoms with Gasteiger partial charge in [-0.1, -0.05) is 30.1 Å². The van der Waals surface area contributed by atoms with Crippen LogP contribution >= 0.6 is 23.2 Å².